The first-order valence-electron chi connectivity index (χ1n) is 6.66. The van der Waals surface area contributed by atoms with E-state index < -0.39 is 6.04 Å². The first-order chi connectivity index (χ1) is 8.49. The number of carbonyl (C=O) groups excluding carboxylic acids is 2. The van der Waals surface area contributed by atoms with Gasteiger partial charge in [-0.2, -0.15) is 0 Å². The molecule has 1 rings (SSSR count). The first kappa shape index (κ1) is 15.0. The van der Waals surface area contributed by atoms with Gasteiger partial charge in [0.25, 0.3) is 0 Å². The highest BCUT2D eigenvalue weighted by Crippen LogP contribution is 2.17. The Morgan fingerprint density at radius 2 is 2.06 bits per heavy atom. The lowest BCUT2D eigenvalue weighted by Crippen LogP contribution is -2.58. The van der Waals surface area contributed by atoms with E-state index in [0.29, 0.717) is 19.7 Å². The topological polar surface area (TPSA) is 58.6 Å². The molecule has 0 radical (unpaired) electrons. The third-order valence-corrected chi connectivity index (χ3v) is 3.47. The molecule has 2 unspecified atom stereocenters. The van der Waals surface area contributed by atoms with Gasteiger partial charge in [-0.1, -0.05) is 20.8 Å². The van der Waals surface area contributed by atoms with Crippen molar-refractivity contribution in [3.05, 3.63) is 0 Å². The van der Waals surface area contributed by atoms with Crippen LogP contribution in [0.4, 0.5) is 0 Å². The van der Waals surface area contributed by atoms with E-state index in [0.717, 1.165) is 6.54 Å². The van der Waals surface area contributed by atoms with Gasteiger partial charge in [0.1, 0.15) is 6.04 Å². The number of amides is 1. The van der Waals surface area contributed by atoms with Crippen molar-refractivity contribution < 1.29 is 14.3 Å². The fourth-order valence-corrected chi connectivity index (χ4v) is 1.96. The smallest absolute Gasteiger partial charge is 0.330 e. The maximum Gasteiger partial charge on any atom is 0.330 e. The Hall–Kier alpha value is -1.10. The molecular formula is C13H24N2O3. The second-order valence-electron chi connectivity index (χ2n) is 5.04. The van der Waals surface area contributed by atoms with Gasteiger partial charge >= 0.3 is 5.97 Å². The van der Waals surface area contributed by atoms with Crippen molar-refractivity contribution in [1.82, 2.24) is 10.2 Å². The van der Waals surface area contributed by atoms with Crippen LogP contribution >= 0.6 is 0 Å². The van der Waals surface area contributed by atoms with Gasteiger partial charge in [0.2, 0.25) is 5.91 Å². The van der Waals surface area contributed by atoms with Crippen molar-refractivity contribution in [2.75, 3.05) is 26.2 Å². The maximum absolute atomic E-state index is 12.3. The maximum atomic E-state index is 12.3. The van der Waals surface area contributed by atoms with E-state index in [9.17, 15) is 9.59 Å². The predicted molar refractivity (Wildman–Crippen MR) is 69.0 cm³/mol. The van der Waals surface area contributed by atoms with Gasteiger partial charge in [0, 0.05) is 25.6 Å². The summed E-state index contributed by atoms with van der Waals surface area (Å²) in [5, 5.41) is 3.13. The number of hydrogen-bond acceptors (Lipinski definition) is 4. The van der Waals surface area contributed by atoms with Crippen LogP contribution in [-0.2, 0) is 14.3 Å². The van der Waals surface area contributed by atoms with E-state index in [1.54, 1.807) is 11.8 Å². The van der Waals surface area contributed by atoms with E-state index in [-0.39, 0.29) is 23.7 Å². The Morgan fingerprint density at radius 1 is 1.39 bits per heavy atom. The van der Waals surface area contributed by atoms with Gasteiger partial charge in [-0.05, 0) is 12.8 Å². The predicted octanol–water partition coefficient (Wildman–Crippen LogP) is 0.642. The van der Waals surface area contributed by atoms with E-state index >= 15 is 0 Å². The molecule has 1 fully saturated rings. The third-order valence-electron chi connectivity index (χ3n) is 3.47. The Bertz CT molecular complexity index is 305. The Morgan fingerprint density at radius 3 is 2.61 bits per heavy atom. The van der Waals surface area contributed by atoms with Crippen molar-refractivity contribution in [3.8, 4) is 0 Å². The molecule has 0 aliphatic carbocycles. The molecule has 5 heteroatoms. The van der Waals surface area contributed by atoms with Crippen LogP contribution in [0, 0.1) is 11.8 Å². The highest BCUT2D eigenvalue weighted by Gasteiger charge is 2.35. The highest BCUT2D eigenvalue weighted by molar-refractivity contribution is 5.86. The van der Waals surface area contributed by atoms with Crippen molar-refractivity contribution in [1.29, 1.82) is 0 Å². The quantitative estimate of drug-likeness (QED) is 0.750. The number of piperazine rings is 1. The lowest BCUT2D eigenvalue weighted by Gasteiger charge is -2.36. The largest absolute Gasteiger partial charge is 0.464 e. The number of carbonyl (C=O) groups is 2. The fourth-order valence-electron chi connectivity index (χ4n) is 1.96. The molecule has 2 atom stereocenters. The third kappa shape index (κ3) is 3.45. The minimum atomic E-state index is -0.479. The van der Waals surface area contributed by atoms with Crippen LogP contribution in [0.1, 0.15) is 27.7 Å². The summed E-state index contributed by atoms with van der Waals surface area (Å²) in [6.07, 6.45) is 0. The van der Waals surface area contributed by atoms with Gasteiger partial charge in [0.05, 0.1) is 6.61 Å². The van der Waals surface area contributed by atoms with E-state index in [1.165, 1.54) is 0 Å². The van der Waals surface area contributed by atoms with Gasteiger partial charge in [-0.3, -0.25) is 4.79 Å². The Balaban J connectivity index is 2.76. The molecule has 0 bridgehead atoms. The normalized spacial score (nSPS) is 21.8. The van der Waals surface area contributed by atoms with E-state index in [2.05, 4.69) is 5.32 Å². The molecule has 1 heterocycles. The minimum Gasteiger partial charge on any atom is -0.464 e. The number of ether oxygens (including phenoxy) is 1. The molecule has 5 nitrogen and oxygen atoms in total. The molecular weight excluding hydrogens is 232 g/mol. The molecule has 1 amide bonds. The zero-order chi connectivity index (χ0) is 13.7. The molecule has 0 aromatic rings. The number of nitrogens with one attached hydrogen (secondary N) is 1. The fraction of sp³-hybridized carbons (Fsp3) is 0.846. The summed E-state index contributed by atoms with van der Waals surface area (Å²) >= 11 is 0. The van der Waals surface area contributed by atoms with Crippen LogP contribution in [0.2, 0.25) is 0 Å². The van der Waals surface area contributed by atoms with Gasteiger partial charge < -0.3 is 15.0 Å². The molecule has 1 N–H and O–H groups in total. The van der Waals surface area contributed by atoms with Crippen LogP contribution < -0.4 is 5.32 Å². The Kier molecular flexibility index (Phi) is 5.59. The monoisotopic (exact) mass is 256 g/mol. The van der Waals surface area contributed by atoms with Crippen molar-refractivity contribution >= 4 is 11.9 Å². The minimum absolute atomic E-state index is 0.0459. The van der Waals surface area contributed by atoms with Crippen LogP contribution in [0.15, 0.2) is 0 Å². The summed E-state index contributed by atoms with van der Waals surface area (Å²) in [4.78, 5) is 25.9. The second-order valence-corrected chi connectivity index (χ2v) is 5.04. The summed E-state index contributed by atoms with van der Waals surface area (Å²) < 4.78 is 5.03. The van der Waals surface area contributed by atoms with E-state index in [4.69, 9.17) is 4.74 Å². The zero-order valence-corrected chi connectivity index (χ0v) is 11.7. The average molecular weight is 256 g/mol. The van der Waals surface area contributed by atoms with Crippen molar-refractivity contribution in [2.24, 2.45) is 11.8 Å². The zero-order valence-electron chi connectivity index (χ0n) is 11.7. The van der Waals surface area contributed by atoms with Crippen LogP contribution in [-0.4, -0.2) is 49.1 Å². The summed E-state index contributed by atoms with van der Waals surface area (Å²) in [6, 6.07) is -0.479. The van der Waals surface area contributed by atoms with Gasteiger partial charge in [0.15, 0.2) is 0 Å². The molecule has 1 aliphatic rings. The number of rotatable bonds is 4. The number of nitrogens with zero attached hydrogens (tertiary/aromatic N) is 1. The molecule has 18 heavy (non-hydrogen) atoms. The first-order valence-corrected chi connectivity index (χ1v) is 6.66. The molecule has 0 aromatic carbocycles. The lowest BCUT2D eigenvalue weighted by atomic mass is 9.95. The molecule has 104 valence electrons. The summed E-state index contributed by atoms with van der Waals surface area (Å²) in [5.74, 6) is -0.0613. The highest BCUT2D eigenvalue weighted by atomic mass is 16.5. The van der Waals surface area contributed by atoms with Crippen molar-refractivity contribution in [3.63, 3.8) is 0 Å². The van der Waals surface area contributed by atoms with E-state index in [1.807, 2.05) is 20.8 Å². The van der Waals surface area contributed by atoms with Crippen LogP contribution in [0.5, 0.6) is 0 Å². The van der Waals surface area contributed by atoms with Gasteiger partial charge in [-0.15, -0.1) is 0 Å². The molecule has 1 aliphatic heterocycles. The van der Waals surface area contributed by atoms with Crippen LogP contribution in [0.25, 0.3) is 0 Å². The summed E-state index contributed by atoms with van der Waals surface area (Å²) in [7, 11) is 0. The summed E-state index contributed by atoms with van der Waals surface area (Å²) in [5.41, 5.74) is 0. The van der Waals surface area contributed by atoms with Gasteiger partial charge in [-0.25, -0.2) is 4.79 Å². The standard InChI is InChI=1S/C13H24N2O3/c1-5-18-13(17)11-8-14-6-7-15(11)12(16)10(4)9(2)3/h9-11,14H,5-8H2,1-4H3. The number of hydrogen-bond donors (Lipinski definition) is 1. The Labute approximate surface area is 109 Å². The van der Waals surface area contributed by atoms with Crippen LogP contribution in [0.3, 0.4) is 0 Å². The lowest BCUT2D eigenvalue weighted by molar-refractivity contribution is -0.157. The number of esters is 1. The molecule has 1 saturated heterocycles. The summed E-state index contributed by atoms with van der Waals surface area (Å²) in [6.45, 7) is 9.85. The average Bonchev–Trinajstić information content (AvgIpc) is 2.37. The second kappa shape index (κ2) is 6.73. The SMILES string of the molecule is CCOC(=O)C1CNCCN1C(=O)C(C)C(C)C. The molecule has 0 aromatic heterocycles. The molecule has 0 spiro atoms. The van der Waals surface area contributed by atoms with Crippen molar-refractivity contribution in [2.45, 2.75) is 33.7 Å². The molecule has 0 saturated carbocycles.